The third-order valence-corrected chi connectivity index (χ3v) is 4.04. The summed E-state index contributed by atoms with van der Waals surface area (Å²) in [6.45, 7) is 0. The molecule has 0 spiro atoms. The van der Waals surface area contributed by atoms with Gasteiger partial charge in [-0.1, -0.05) is 6.07 Å². The molecule has 28 heavy (non-hydrogen) atoms. The van der Waals surface area contributed by atoms with Gasteiger partial charge in [0.2, 0.25) is 11.8 Å². The fraction of sp³-hybridized carbons (Fsp3) is 0. The lowest BCUT2D eigenvalue weighted by molar-refractivity contribution is 0.0967. The lowest BCUT2D eigenvalue weighted by Gasteiger charge is -2.10. The Hall–Kier alpha value is -4.20. The lowest BCUT2D eigenvalue weighted by Crippen LogP contribution is -2.21. The van der Waals surface area contributed by atoms with Crippen LogP contribution in [0, 0.1) is 0 Å². The Morgan fingerprint density at radius 3 is 2.11 bits per heavy atom. The van der Waals surface area contributed by atoms with E-state index in [-0.39, 0.29) is 22.4 Å². The molecule has 3 aromatic rings. The zero-order valence-electron chi connectivity index (χ0n) is 14.6. The van der Waals surface area contributed by atoms with Crippen LogP contribution in [0.5, 0.6) is 0 Å². The van der Waals surface area contributed by atoms with Gasteiger partial charge in [-0.05, 0) is 48.5 Å². The van der Waals surface area contributed by atoms with Crippen molar-refractivity contribution in [2.45, 2.75) is 0 Å². The van der Waals surface area contributed by atoms with Crippen LogP contribution in [-0.2, 0) is 0 Å². The summed E-state index contributed by atoms with van der Waals surface area (Å²) in [5, 5.41) is 2.62. The summed E-state index contributed by atoms with van der Waals surface area (Å²) in [7, 11) is 0. The number of nitrogens with two attached hydrogens (primary N) is 2. The molecule has 0 aliphatic heterocycles. The molecule has 1 aromatic heterocycles. The third kappa shape index (κ3) is 3.80. The maximum absolute atomic E-state index is 12.4. The summed E-state index contributed by atoms with van der Waals surface area (Å²) in [5.41, 5.74) is 11.4. The number of benzene rings is 2. The minimum atomic E-state index is -0.831. The van der Waals surface area contributed by atoms with E-state index in [1.54, 1.807) is 42.6 Å². The zero-order valence-corrected chi connectivity index (χ0v) is 14.6. The highest BCUT2D eigenvalue weighted by Gasteiger charge is 2.15. The monoisotopic (exact) mass is 376 g/mol. The van der Waals surface area contributed by atoms with Crippen molar-refractivity contribution in [1.29, 1.82) is 0 Å². The number of hydrogen-bond acceptors (Lipinski definition) is 4. The smallest absolute Gasteiger partial charge is 0.255 e. The molecule has 8 heteroatoms. The molecule has 3 amide bonds. The van der Waals surface area contributed by atoms with Gasteiger partial charge in [0.25, 0.3) is 11.5 Å². The highest BCUT2D eigenvalue weighted by Crippen LogP contribution is 2.17. The van der Waals surface area contributed by atoms with E-state index in [1.165, 1.54) is 28.8 Å². The number of carbonyl (C=O) groups excluding carboxylic acids is 3. The van der Waals surface area contributed by atoms with E-state index < -0.39 is 17.7 Å². The van der Waals surface area contributed by atoms with Crippen molar-refractivity contribution in [3.63, 3.8) is 0 Å². The average Bonchev–Trinajstić information content (AvgIpc) is 2.68. The second-order valence-corrected chi connectivity index (χ2v) is 5.90. The van der Waals surface area contributed by atoms with Crippen molar-refractivity contribution in [3.8, 4) is 5.69 Å². The fourth-order valence-electron chi connectivity index (χ4n) is 2.66. The number of hydrogen-bond donors (Lipinski definition) is 3. The second-order valence-electron chi connectivity index (χ2n) is 5.90. The van der Waals surface area contributed by atoms with E-state index in [0.29, 0.717) is 11.3 Å². The van der Waals surface area contributed by atoms with Gasteiger partial charge in [-0.25, -0.2) is 0 Å². The number of primary amides is 2. The molecule has 2 aromatic carbocycles. The maximum Gasteiger partial charge on any atom is 0.255 e. The van der Waals surface area contributed by atoms with E-state index >= 15 is 0 Å². The molecule has 1 heterocycles. The molecule has 0 radical (unpaired) electrons. The van der Waals surface area contributed by atoms with E-state index in [9.17, 15) is 19.2 Å². The normalized spacial score (nSPS) is 10.3. The quantitative estimate of drug-likeness (QED) is 0.618. The molecule has 0 aliphatic carbocycles. The fourth-order valence-corrected chi connectivity index (χ4v) is 2.66. The van der Waals surface area contributed by atoms with Crippen LogP contribution in [0.3, 0.4) is 0 Å². The average molecular weight is 376 g/mol. The predicted molar refractivity (Wildman–Crippen MR) is 103 cm³/mol. The first-order valence-corrected chi connectivity index (χ1v) is 8.20. The number of anilines is 1. The minimum absolute atomic E-state index is 0.0249. The summed E-state index contributed by atoms with van der Waals surface area (Å²) < 4.78 is 1.45. The largest absolute Gasteiger partial charge is 0.366 e. The van der Waals surface area contributed by atoms with Crippen LogP contribution in [-0.4, -0.2) is 22.3 Å². The van der Waals surface area contributed by atoms with Crippen molar-refractivity contribution >= 4 is 23.4 Å². The Labute approximate surface area is 159 Å². The summed E-state index contributed by atoms with van der Waals surface area (Å²) in [6, 6.07) is 15.3. The van der Waals surface area contributed by atoms with Crippen LogP contribution in [0.1, 0.15) is 31.1 Å². The predicted octanol–water partition coefficient (Wildman–Crippen LogP) is 1.29. The summed E-state index contributed by atoms with van der Waals surface area (Å²) >= 11 is 0. The van der Waals surface area contributed by atoms with Crippen molar-refractivity contribution in [2.75, 3.05) is 5.32 Å². The van der Waals surface area contributed by atoms with Crippen LogP contribution < -0.4 is 22.3 Å². The summed E-state index contributed by atoms with van der Waals surface area (Å²) in [5.74, 6) is -2.06. The molecule has 0 bridgehead atoms. The Kier molecular flexibility index (Phi) is 5.03. The molecule has 0 aliphatic rings. The Morgan fingerprint density at radius 1 is 0.821 bits per heavy atom. The van der Waals surface area contributed by atoms with Crippen LogP contribution in [0.15, 0.2) is 71.7 Å². The van der Waals surface area contributed by atoms with Crippen LogP contribution in [0.2, 0.25) is 0 Å². The van der Waals surface area contributed by atoms with E-state index in [2.05, 4.69) is 5.32 Å². The van der Waals surface area contributed by atoms with Gasteiger partial charge in [0.15, 0.2) is 0 Å². The first-order valence-electron chi connectivity index (χ1n) is 8.20. The van der Waals surface area contributed by atoms with Gasteiger partial charge in [0, 0.05) is 29.2 Å². The van der Waals surface area contributed by atoms with Gasteiger partial charge < -0.3 is 16.8 Å². The van der Waals surface area contributed by atoms with Crippen LogP contribution in [0.4, 0.5) is 5.69 Å². The number of pyridine rings is 1. The van der Waals surface area contributed by atoms with Gasteiger partial charge in [-0.15, -0.1) is 0 Å². The minimum Gasteiger partial charge on any atom is -0.366 e. The Morgan fingerprint density at radius 2 is 1.50 bits per heavy atom. The van der Waals surface area contributed by atoms with Gasteiger partial charge in [0.1, 0.15) is 0 Å². The van der Waals surface area contributed by atoms with Gasteiger partial charge in [-0.2, -0.15) is 0 Å². The van der Waals surface area contributed by atoms with Crippen molar-refractivity contribution in [3.05, 3.63) is 93.9 Å². The number of nitrogens with one attached hydrogen (secondary N) is 1. The first kappa shape index (κ1) is 18.6. The molecule has 0 saturated heterocycles. The van der Waals surface area contributed by atoms with Crippen LogP contribution >= 0.6 is 0 Å². The number of nitrogens with zero attached hydrogens (tertiary/aromatic N) is 1. The Balaban J connectivity index is 1.83. The second kappa shape index (κ2) is 7.58. The highest BCUT2D eigenvalue weighted by atomic mass is 16.2. The molecular formula is C20H16N4O4. The van der Waals surface area contributed by atoms with Gasteiger partial charge in [0.05, 0.1) is 11.1 Å². The summed E-state index contributed by atoms with van der Waals surface area (Å²) in [4.78, 5) is 47.2. The van der Waals surface area contributed by atoms with Crippen molar-refractivity contribution < 1.29 is 14.4 Å². The Bertz CT molecular complexity index is 1130. The van der Waals surface area contributed by atoms with E-state index in [4.69, 9.17) is 11.5 Å². The SMILES string of the molecule is NC(=O)c1ccc(NC(=O)c2ccc(-n3ccccc3=O)cc2)cc1C(N)=O. The number of amides is 3. The summed E-state index contributed by atoms with van der Waals surface area (Å²) in [6.07, 6.45) is 1.63. The standard InChI is InChI=1S/C20H16N4O4/c21-18(26)15-9-6-13(11-16(15)19(22)27)23-20(28)12-4-7-14(8-5-12)24-10-2-1-3-17(24)25/h1-11H,(H2,21,26)(H2,22,27)(H,23,28). The van der Waals surface area contributed by atoms with E-state index in [1.807, 2.05) is 0 Å². The topological polar surface area (TPSA) is 137 Å². The van der Waals surface area contributed by atoms with E-state index in [0.717, 1.165) is 0 Å². The molecule has 140 valence electrons. The molecule has 0 saturated carbocycles. The number of rotatable bonds is 5. The van der Waals surface area contributed by atoms with Crippen molar-refractivity contribution in [2.24, 2.45) is 11.5 Å². The van der Waals surface area contributed by atoms with Gasteiger partial charge in [-0.3, -0.25) is 23.7 Å². The molecule has 0 unspecified atom stereocenters. The molecule has 0 fully saturated rings. The zero-order chi connectivity index (χ0) is 20.3. The van der Waals surface area contributed by atoms with Crippen molar-refractivity contribution in [1.82, 2.24) is 4.57 Å². The highest BCUT2D eigenvalue weighted by molar-refractivity contribution is 6.09. The van der Waals surface area contributed by atoms with Crippen LogP contribution in [0.25, 0.3) is 5.69 Å². The number of aromatic nitrogens is 1. The third-order valence-electron chi connectivity index (χ3n) is 4.04. The molecule has 0 atom stereocenters. The molecule has 3 rings (SSSR count). The van der Waals surface area contributed by atoms with Gasteiger partial charge >= 0.3 is 0 Å². The molecule has 5 N–H and O–H groups in total. The number of carbonyl (C=O) groups is 3. The maximum atomic E-state index is 12.4. The molecule has 8 nitrogen and oxygen atoms in total. The lowest BCUT2D eigenvalue weighted by atomic mass is 10.1. The molecular weight excluding hydrogens is 360 g/mol. The first-order chi connectivity index (χ1) is 13.4.